The van der Waals surface area contributed by atoms with Crippen molar-refractivity contribution in [1.82, 2.24) is 9.55 Å². The van der Waals surface area contributed by atoms with E-state index in [2.05, 4.69) is 4.98 Å². The van der Waals surface area contributed by atoms with Crippen molar-refractivity contribution in [3.05, 3.63) is 69.0 Å². The Morgan fingerprint density at radius 1 is 1.18 bits per heavy atom. The van der Waals surface area contributed by atoms with Crippen molar-refractivity contribution in [3.63, 3.8) is 0 Å². The molecule has 1 aliphatic heterocycles. The minimum atomic E-state index is -0.441. The molecule has 2 heterocycles. The van der Waals surface area contributed by atoms with Crippen molar-refractivity contribution < 1.29 is 9.47 Å². The van der Waals surface area contributed by atoms with E-state index in [0.717, 1.165) is 18.4 Å². The first-order chi connectivity index (χ1) is 10.7. The standard InChI is InChI=1S/C16H18N2O4/c19-14-8-9-18(16(20)17-14)15-7-6-13(22-15)11-21-10-12-4-2-1-3-5-12/h1-5,8-9,13,15H,6-7,10-11H2,(H,17,19,20). The van der Waals surface area contributed by atoms with Crippen molar-refractivity contribution in [2.24, 2.45) is 0 Å². The van der Waals surface area contributed by atoms with Gasteiger partial charge in [-0.25, -0.2) is 4.79 Å². The zero-order valence-electron chi connectivity index (χ0n) is 12.1. The number of nitrogens with one attached hydrogen (secondary N) is 1. The maximum atomic E-state index is 11.7. The van der Waals surface area contributed by atoms with Crippen LogP contribution in [-0.2, 0) is 16.1 Å². The summed E-state index contributed by atoms with van der Waals surface area (Å²) in [6.45, 7) is 1.04. The van der Waals surface area contributed by atoms with Crippen LogP contribution < -0.4 is 11.2 Å². The van der Waals surface area contributed by atoms with Gasteiger partial charge in [-0.2, -0.15) is 0 Å². The number of aromatic nitrogens is 2. The number of hydrogen-bond donors (Lipinski definition) is 1. The van der Waals surface area contributed by atoms with E-state index in [0.29, 0.717) is 13.2 Å². The van der Waals surface area contributed by atoms with E-state index in [4.69, 9.17) is 9.47 Å². The predicted molar refractivity (Wildman–Crippen MR) is 80.6 cm³/mol. The van der Waals surface area contributed by atoms with Crippen molar-refractivity contribution >= 4 is 0 Å². The van der Waals surface area contributed by atoms with Crippen molar-refractivity contribution in [3.8, 4) is 0 Å². The molecule has 22 heavy (non-hydrogen) atoms. The van der Waals surface area contributed by atoms with Crippen LogP contribution in [0.15, 0.2) is 52.2 Å². The maximum absolute atomic E-state index is 11.7. The molecule has 2 aromatic rings. The molecule has 0 bridgehead atoms. The molecule has 0 saturated carbocycles. The summed E-state index contributed by atoms with van der Waals surface area (Å²) in [7, 11) is 0. The minimum absolute atomic E-state index is 0.0347. The summed E-state index contributed by atoms with van der Waals surface area (Å²) in [4.78, 5) is 25.0. The Labute approximate surface area is 127 Å². The highest BCUT2D eigenvalue weighted by atomic mass is 16.6. The Hall–Kier alpha value is -2.18. The highest BCUT2D eigenvalue weighted by molar-refractivity contribution is 5.13. The third-order valence-corrected chi connectivity index (χ3v) is 3.66. The zero-order chi connectivity index (χ0) is 15.4. The first kappa shape index (κ1) is 14.7. The summed E-state index contributed by atoms with van der Waals surface area (Å²) >= 11 is 0. The predicted octanol–water partition coefficient (Wildman–Crippen LogP) is 1.43. The molecule has 1 N–H and O–H groups in total. The second-order valence-corrected chi connectivity index (χ2v) is 5.31. The summed E-state index contributed by atoms with van der Waals surface area (Å²) in [5.74, 6) is 0. The molecule has 0 spiro atoms. The molecule has 3 rings (SSSR count). The monoisotopic (exact) mass is 302 g/mol. The van der Waals surface area contributed by atoms with Crippen LogP contribution in [0.4, 0.5) is 0 Å². The Kier molecular flexibility index (Phi) is 4.50. The SMILES string of the molecule is O=c1ccn(C2CCC(COCc3ccccc3)O2)c(=O)[nH]1. The number of aromatic amines is 1. The molecule has 1 aliphatic rings. The molecule has 2 unspecified atom stereocenters. The Bertz CT molecular complexity index is 723. The normalized spacial score (nSPS) is 21.1. The summed E-state index contributed by atoms with van der Waals surface area (Å²) in [6.07, 6.45) is 2.65. The lowest BCUT2D eigenvalue weighted by molar-refractivity contribution is -0.0462. The van der Waals surface area contributed by atoms with Gasteiger partial charge in [-0.15, -0.1) is 0 Å². The van der Waals surface area contributed by atoms with Gasteiger partial charge in [0.1, 0.15) is 6.23 Å². The van der Waals surface area contributed by atoms with Gasteiger partial charge in [-0.3, -0.25) is 14.3 Å². The first-order valence-electron chi connectivity index (χ1n) is 7.31. The van der Waals surface area contributed by atoms with Crippen LogP contribution in [-0.4, -0.2) is 22.3 Å². The van der Waals surface area contributed by atoms with Crippen LogP contribution in [0.5, 0.6) is 0 Å². The minimum Gasteiger partial charge on any atom is -0.374 e. The van der Waals surface area contributed by atoms with Crippen LogP contribution in [0.2, 0.25) is 0 Å². The molecular formula is C16H18N2O4. The fraction of sp³-hybridized carbons (Fsp3) is 0.375. The van der Waals surface area contributed by atoms with Gasteiger partial charge in [-0.1, -0.05) is 30.3 Å². The Morgan fingerprint density at radius 2 is 2.00 bits per heavy atom. The van der Waals surface area contributed by atoms with Crippen LogP contribution in [0.3, 0.4) is 0 Å². The summed E-state index contributed by atoms with van der Waals surface area (Å²) in [6, 6.07) is 11.3. The number of nitrogens with zero attached hydrogens (tertiary/aromatic N) is 1. The van der Waals surface area contributed by atoms with Crippen molar-refractivity contribution in [1.29, 1.82) is 0 Å². The summed E-state index contributed by atoms with van der Waals surface area (Å²) < 4.78 is 12.9. The van der Waals surface area contributed by atoms with E-state index < -0.39 is 11.2 Å². The van der Waals surface area contributed by atoms with Gasteiger partial charge in [0, 0.05) is 12.3 Å². The highest BCUT2D eigenvalue weighted by Crippen LogP contribution is 2.27. The number of ether oxygens (including phenoxy) is 2. The molecule has 1 saturated heterocycles. The second-order valence-electron chi connectivity index (χ2n) is 5.31. The third kappa shape index (κ3) is 3.52. The summed E-state index contributed by atoms with van der Waals surface area (Å²) in [5, 5.41) is 0. The van der Waals surface area contributed by atoms with Crippen LogP contribution in [0.1, 0.15) is 24.6 Å². The molecule has 1 aromatic heterocycles. The number of H-pyrrole nitrogens is 1. The van der Waals surface area contributed by atoms with Crippen molar-refractivity contribution in [2.75, 3.05) is 6.61 Å². The van der Waals surface area contributed by atoms with Crippen LogP contribution in [0, 0.1) is 0 Å². The van der Waals surface area contributed by atoms with Gasteiger partial charge in [0.05, 0.1) is 19.3 Å². The lowest BCUT2D eigenvalue weighted by Crippen LogP contribution is -2.31. The van der Waals surface area contributed by atoms with E-state index >= 15 is 0 Å². The van der Waals surface area contributed by atoms with E-state index in [1.54, 1.807) is 0 Å². The van der Waals surface area contributed by atoms with E-state index in [1.165, 1.54) is 16.8 Å². The largest absolute Gasteiger partial charge is 0.374 e. The topological polar surface area (TPSA) is 73.3 Å². The molecule has 2 atom stereocenters. The van der Waals surface area contributed by atoms with Crippen LogP contribution >= 0.6 is 0 Å². The van der Waals surface area contributed by atoms with Gasteiger partial charge >= 0.3 is 5.69 Å². The Balaban J connectivity index is 1.52. The number of rotatable bonds is 5. The molecule has 0 radical (unpaired) electrons. The molecular weight excluding hydrogens is 284 g/mol. The second kappa shape index (κ2) is 6.72. The zero-order valence-corrected chi connectivity index (χ0v) is 12.1. The fourth-order valence-corrected chi connectivity index (χ4v) is 2.55. The summed E-state index contributed by atoms with van der Waals surface area (Å²) in [5.41, 5.74) is 0.277. The maximum Gasteiger partial charge on any atom is 0.330 e. The Morgan fingerprint density at radius 3 is 2.77 bits per heavy atom. The van der Waals surface area contributed by atoms with Crippen LogP contribution in [0.25, 0.3) is 0 Å². The van der Waals surface area contributed by atoms with Crippen molar-refractivity contribution in [2.45, 2.75) is 31.8 Å². The molecule has 0 amide bonds. The molecule has 0 aliphatic carbocycles. The highest BCUT2D eigenvalue weighted by Gasteiger charge is 2.27. The molecule has 6 heteroatoms. The lowest BCUT2D eigenvalue weighted by atomic mass is 10.2. The fourth-order valence-electron chi connectivity index (χ4n) is 2.55. The van der Waals surface area contributed by atoms with Gasteiger partial charge in [-0.05, 0) is 18.4 Å². The van der Waals surface area contributed by atoms with Gasteiger partial charge in [0.15, 0.2) is 0 Å². The van der Waals surface area contributed by atoms with E-state index in [9.17, 15) is 9.59 Å². The van der Waals surface area contributed by atoms with E-state index in [1.807, 2.05) is 30.3 Å². The lowest BCUT2D eigenvalue weighted by Gasteiger charge is -2.15. The van der Waals surface area contributed by atoms with Gasteiger partial charge in [0.2, 0.25) is 0 Å². The average Bonchev–Trinajstić information content (AvgIpc) is 2.97. The molecule has 6 nitrogen and oxygen atoms in total. The number of benzene rings is 1. The van der Waals surface area contributed by atoms with E-state index in [-0.39, 0.29) is 12.3 Å². The molecule has 1 fully saturated rings. The molecule has 116 valence electrons. The van der Waals surface area contributed by atoms with Gasteiger partial charge < -0.3 is 9.47 Å². The quantitative estimate of drug-likeness (QED) is 0.907. The number of hydrogen-bond acceptors (Lipinski definition) is 4. The smallest absolute Gasteiger partial charge is 0.330 e. The third-order valence-electron chi connectivity index (χ3n) is 3.66. The van der Waals surface area contributed by atoms with Gasteiger partial charge in [0.25, 0.3) is 5.56 Å². The first-order valence-corrected chi connectivity index (χ1v) is 7.31. The molecule has 1 aromatic carbocycles. The average molecular weight is 302 g/mol.